The zero-order valence-corrected chi connectivity index (χ0v) is 17.9. The van der Waals surface area contributed by atoms with Gasteiger partial charge in [-0.25, -0.2) is 4.79 Å². The van der Waals surface area contributed by atoms with E-state index >= 15 is 0 Å². The van der Waals surface area contributed by atoms with Gasteiger partial charge in [-0.3, -0.25) is 5.73 Å². The molecule has 2 aromatic carbocycles. The van der Waals surface area contributed by atoms with Gasteiger partial charge in [-0.2, -0.15) is 4.58 Å². The Morgan fingerprint density at radius 1 is 1.03 bits per heavy atom. The van der Waals surface area contributed by atoms with Crippen molar-refractivity contribution in [2.75, 3.05) is 6.61 Å². The zero-order chi connectivity index (χ0) is 21.2. The van der Waals surface area contributed by atoms with Crippen LogP contribution in [0.25, 0.3) is 0 Å². The first-order chi connectivity index (χ1) is 13.7. The molecule has 4 heteroatoms. The Balaban J connectivity index is 1.95. The van der Waals surface area contributed by atoms with Crippen molar-refractivity contribution in [3.63, 3.8) is 0 Å². The molecular weight excluding hydrogens is 360 g/mol. The molecule has 0 aromatic heterocycles. The Bertz CT molecular complexity index is 953. The highest BCUT2D eigenvalue weighted by atomic mass is 16.5. The van der Waals surface area contributed by atoms with Gasteiger partial charge in [-0.15, -0.1) is 0 Å². The molecule has 0 saturated carbocycles. The summed E-state index contributed by atoms with van der Waals surface area (Å²) >= 11 is 0. The van der Waals surface area contributed by atoms with Gasteiger partial charge in [-0.05, 0) is 71.2 Å². The van der Waals surface area contributed by atoms with Crippen molar-refractivity contribution in [2.45, 2.75) is 51.4 Å². The normalized spacial score (nSPS) is 17.3. The quantitative estimate of drug-likeness (QED) is 0.251. The maximum atomic E-state index is 12.0. The summed E-state index contributed by atoms with van der Waals surface area (Å²) in [4.78, 5) is 12.0. The monoisotopic (exact) mass is 391 g/mol. The number of ether oxygens (including phenoxy) is 1. The summed E-state index contributed by atoms with van der Waals surface area (Å²) in [5.41, 5.74) is 11.5. The van der Waals surface area contributed by atoms with Crippen molar-refractivity contribution in [2.24, 2.45) is 5.73 Å². The summed E-state index contributed by atoms with van der Waals surface area (Å²) in [5.74, 6) is -0.363. The molecule has 0 heterocycles. The van der Waals surface area contributed by atoms with E-state index in [1.165, 1.54) is 17.5 Å². The van der Waals surface area contributed by atoms with Crippen LogP contribution in [-0.2, 0) is 15.6 Å². The molecule has 1 aliphatic rings. The lowest BCUT2D eigenvalue weighted by Gasteiger charge is -2.41. The van der Waals surface area contributed by atoms with E-state index in [4.69, 9.17) is 10.5 Å². The SMILES string of the molecule is C=CCOC(=O)c1ccc([N+](=CN)c2ccc3c(c2)C(C)(C)CCC3(C)C)cc1. The van der Waals surface area contributed by atoms with Crippen molar-refractivity contribution < 1.29 is 9.53 Å². The summed E-state index contributed by atoms with van der Waals surface area (Å²) < 4.78 is 7.03. The number of nitrogens with zero attached hydrogens (tertiary/aromatic N) is 1. The van der Waals surface area contributed by atoms with Crippen molar-refractivity contribution in [1.82, 2.24) is 4.58 Å². The maximum absolute atomic E-state index is 12.0. The van der Waals surface area contributed by atoms with Crippen molar-refractivity contribution in [3.8, 4) is 0 Å². The lowest BCUT2D eigenvalue weighted by atomic mass is 9.63. The second-order valence-electron chi connectivity index (χ2n) is 8.95. The Kier molecular flexibility index (Phi) is 5.65. The van der Waals surface area contributed by atoms with Crippen LogP contribution in [0.3, 0.4) is 0 Å². The van der Waals surface area contributed by atoms with E-state index in [9.17, 15) is 4.79 Å². The smallest absolute Gasteiger partial charge is 0.338 e. The molecule has 0 unspecified atom stereocenters. The Labute approximate surface area is 173 Å². The molecule has 1 aliphatic carbocycles. The van der Waals surface area contributed by atoms with Gasteiger partial charge in [0.2, 0.25) is 6.34 Å². The minimum atomic E-state index is -0.363. The minimum absolute atomic E-state index is 0.125. The highest BCUT2D eigenvalue weighted by Gasteiger charge is 2.37. The average molecular weight is 392 g/mol. The second-order valence-corrected chi connectivity index (χ2v) is 8.95. The van der Waals surface area contributed by atoms with E-state index in [2.05, 4.69) is 52.5 Å². The van der Waals surface area contributed by atoms with Gasteiger partial charge in [0, 0.05) is 0 Å². The standard InChI is InChI=1S/C25H30N2O2/c1-6-15-29-23(28)18-7-9-19(10-8-18)27(17-26)20-11-12-21-22(16-20)25(4,5)14-13-24(21,2)3/h6-12,16-17,26H,1,13-15H2,2-5H3/p+1. The average Bonchev–Trinajstić information content (AvgIpc) is 2.71. The first kappa shape index (κ1) is 20.8. The predicted molar refractivity (Wildman–Crippen MR) is 120 cm³/mol. The summed E-state index contributed by atoms with van der Waals surface area (Å²) in [6, 6.07) is 13.9. The minimum Gasteiger partial charge on any atom is -0.458 e. The predicted octanol–water partition coefficient (Wildman–Crippen LogP) is 5.20. The topological polar surface area (TPSA) is 55.3 Å². The van der Waals surface area contributed by atoms with Crippen molar-refractivity contribution >= 4 is 23.7 Å². The molecule has 2 N–H and O–H groups in total. The van der Waals surface area contributed by atoms with Crippen LogP contribution in [0.15, 0.2) is 55.1 Å². The highest BCUT2D eigenvalue weighted by Crippen LogP contribution is 2.46. The summed E-state index contributed by atoms with van der Waals surface area (Å²) in [7, 11) is 0. The molecule has 3 rings (SSSR count). The molecule has 0 atom stereocenters. The third kappa shape index (κ3) is 4.12. The van der Waals surface area contributed by atoms with Crippen molar-refractivity contribution in [1.29, 1.82) is 0 Å². The summed E-state index contributed by atoms with van der Waals surface area (Å²) in [6.45, 7) is 13.0. The van der Waals surface area contributed by atoms with E-state index in [-0.39, 0.29) is 23.4 Å². The van der Waals surface area contributed by atoms with E-state index in [0.717, 1.165) is 17.8 Å². The molecule has 0 fully saturated rings. The van der Waals surface area contributed by atoms with Gasteiger partial charge in [0.25, 0.3) is 0 Å². The van der Waals surface area contributed by atoms with Crippen molar-refractivity contribution in [3.05, 3.63) is 71.8 Å². The lowest BCUT2D eigenvalue weighted by molar-refractivity contribution is 0.0550. The van der Waals surface area contributed by atoms with Gasteiger partial charge in [-0.1, -0.05) is 46.4 Å². The Morgan fingerprint density at radius 3 is 2.21 bits per heavy atom. The van der Waals surface area contributed by atoms with Gasteiger partial charge < -0.3 is 4.74 Å². The van der Waals surface area contributed by atoms with Crippen LogP contribution >= 0.6 is 0 Å². The van der Waals surface area contributed by atoms with Gasteiger partial charge >= 0.3 is 5.97 Å². The number of rotatable bonds is 5. The number of benzene rings is 2. The van der Waals surface area contributed by atoms with Crippen LogP contribution < -0.4 is 10.3 Å². The Hall–Kier alpha value is -2.88. The lowest BCUT2D eigenvalue weighted by Crippen LogP contribution is -2.34. The van der Waals surface area contributed by atoms with E-state index in [0.29, 0.717) is 5.56 Å². The summed E-state index contributed by atoms with van der Waals surface area (Å²) in [5, 5.41) is 0. The molecule has 0 spiro atoms. The molecule has 0 amide bonds. The first-order valence-electron chi connectivity index (χ1n) is 10.1. The molecule has 0 radical (unpaired) electrons. The van der Waals surface area contributed by atoms with Crippen LogP contribution in [0.4, 0.5) is 11.4 Å². The van der Waals surface area contributed by atoms with Crippen LogP contribution in [0.1, 0.15) is 62.0 Å². The maximum Gasteiger partial charge on any atom is 0.338 e. The number of carbonyl (C=O) groups is 1. The van der Waals surface area contributed by atoms with Crippen LogP contribution in [0.5, 0.6) is 0 Å². The largest absolute Gasteiger partial charge is 0.458 e. The summed E-state index contributed by atoms with van der Waals surface area (Å²) in [6.07, 6.45) is 5.46. The molecule has 0 bridgehead atoms. The molecule has 0 aliphatic heterocycles. The molecule has 2 aromatic rings. The Morgan fingerprint density at radius 2 is 1.62 bits per heavy atom. The number of carbonyl (C=O) groups excluding carboxylic acids is 1. The van der Waals surface area contributed by atoms with Gasteiger partial charge in [0.15, 0.2) is 0 Å². The third-order valence-corrected chi connectivity index (χ3v) is 5.98. The van der Waals surface area contributed by atoms with Crippen LogP contribution in [0, 0.1) is 0 Å². The van der Waals surface area contributed by atoms with Crippen LogP contribution in [0.2, 0.25) is 0 Å². The van der Waals surface area contributed by atoms with E-state index in [1.807, 2.05) is 16.7 Å². The van der Waals surface area contributed by atoms with Gasteiger partial charge in [0.1, 0.15) is 18.0 Å². The fraction of sp³-hybridized carbons (Fsp3) is 0.360. The molecule has 29 heavy (non-hydrogen) atoms. The number of hydrogen-bond acceptors (Lipinski definition) is 2. The highest BCUT2D eigenvalue weighted by molar-refractivity contribution is 5.90. The number of hydrogen-bond donors (Lipinski definition) is 1. The number of esters is 1. The third-order valence-electron chi connectivity index (χ3n) is 5.98. The zero-order valence-electron chi connectivity index (χ0n) is 17.9. The first-order valence-corrected chi connectivity index (χ1v) is 10.1. The number of fused-ring (bicyclic) bond motifs is 1. The molecule has 152 valence electrons. The fourth-order valence-electron chi connectivity index (χ4n) is 4.02. The number of nitrogens with two attached hydrogens (primary N) is 1. The molecule has 4 nitrogen and oxygen atoms in total. The molecular formula is C25H31N2O2+. The van der Waals surface area contributed by atoms with E-state index in [1.54, 1.807) is 24.5 Å². The van der Waals surface area contributed by atoms with Crippen LogP contribution in [-0.4, -0.2) is 18.9 Å². The fourth-order valence-corrected chi connectivity index (χ4v) is 4.02. The van der Waals surface area contributed by atoms with E-state index < -0.39 is 0 Å². The van der Waals surface area contributed by atoms with Gasteiger partial charge in [0.05, 0.1) is 5.56 Å². The molecule has 0 saturated heterocycles. The second kappa shape index (κ2) is 7.86.